The van der Waals surface area contributed by atoms with E-state index in [0.29, 0.717) is 17.9 Å². The zero-order chi connectivity index (χ0) is 14.6. The van der Waals surface area contributed by atoms with E-state index in [1.807, 2.05) is 24.1 Å². The number of carbonyl (C=O) groups excluding carboxylic acids is 1. The van der Waals surface area contributed by atoms with E-state index in [4.69, 9.17) is 0 Å². The van der Waals surface area contributed by atoms with Crippen molar-refractivity contribution in [1.29, 1.82) is 0 Å². The first-order valence-corrected chi connectivity index (χ1v) is 7.18. The smallest absolute Gasteiger partial charge is 0.257 e. The molecule has 1 fully saturated rings. The van der Waals surface area contributed by atoms with E-state index in [1.54, 1.807) is 23.1 Å². The molecule has 21 heavy (non-hydrogen) atoms. The summed E-state index contributed by atoms with van der Waals surface area (Å²) in [5, 5.41) is 13.8. The van der Waals surface area contributed by atoms with E-state index < -0.39 is 0 Å². The molecule has 1 aliphatic carbocycles. The third kappa shape index (κ3) is 1.92. The van der Waals surface area contributed by atoms with Crippen molar-refractivity contribution < 1.29 is 9.90 Å². The number of benzene rings is 1. The lowest BCUT2D eigenvalue weighted by molar-refractivity contribution is 0.0709. The van der Waals surface area contributed by atoms with E-state index in [-0.39, 0.29) is 11.3 Å². The number of nitrogens with zero attached hydrogens (tertiary/aromatic N) is 3. The number of aryl methyl sites for hydroxylation is 1. The highest BCUT2D eigenvalue weighted by Crippen LogP contribution is 2.53. The number of hydrogen-bond donors (Lipinski definition) is 1. The molecule has 2 aromatic rings. The molecule has 2 aliphatic rings. The maximum atomic E-state index is 12.6. The summed E-state index contributed by atoms with van der Waals surface area (Å²) < 4.78 is 1.65. The van der Waals surface area contributed by atoms with Crippen LogP contribution in [0.5, 0.6) is 5.75 Å². The maximum Gasteiger partial charge on any atom is 0.257 e. The minimum atomic E-state index is 0.0353. The number of aromatic hydroxyl groups is 1. The fraction of sp³-hybridized carbons (Fsp3) is 0.375. The lowest BCUT2D eigenvalue weighted by Gasteiger charge is -2.35. The zero-order valence-electron chi connectivity index (χ0n) is 11.9. The maximum absolute atomic E-state index is 12.6. The van der Waals surface area contributed by atoms with E-state index in [1.165, 1.54) is 5.56 Å². The number of hydrogen-bond acceptors (Lipinski definition) is 3. The van der Waals surface area contributed by atoms with Crippen LogP contribution in [0, 0.1) is 0 Å². The van der Waals surface area contributed by atoms with Gasteiger partial charge in [0.25, 0.3) is 5.91 Å². The monoisotopic (exact) mass is 283 g/mol. The van der Waals surface area contributed by atoms with Gasteiger partial charge in [-0.3, -0.25) is 9.48 Å². The first-order chi connectivity index (χ1) is 10.1. The fourth-order valence-electron chi connectivity index (χ4n) is 3.34. The third-order valence-corrected chi connectivity index (χ3v) is 4.61. The quantitative estimate of drug-likeness (QED) is 0.868. The van der Waals surface area contributed by atoms with Gasteiger partial charge in [0.05, 0.1) is 11.8 Å². The minimum Gasteiger partial charge on any atom is -0.508 e. The van der Waals surface area contributed by atoms with Gasteiger partial charge in [-0.15, -0.1) is 0 Å². The largest absolute Gasteiger partial charge is 0.508 e. The Labute approximate surface area is 122 Å². The van der Waals surface area contributed by atoms with Gasteiger partial charge in [-0.2, -0.15) is 5.10 Å². The summed E-state index contributed by atoms with van der Waals surface area (Å²) >= 11 is 0. The summed E-state index contributed by atoms with van der Waals surface area (Å²) in [6, 6.07) is 5.51. The van der Waals surface area contributed by atoms with Gasteiger partial charge in [0.1, 0.15) is 5.75 Å². The molecule has 0 atom stereocenters. The number of amides is 1. The number of carbonyl (C=O) groups is 1. The molecule has 1 N–H and O–H groups in total. The SMILES string of the molecule is Cn1cc(C(=O)N2Cc3ccc(O)cc3C3(CC3)C2)cn1. The zero-order valence-corrected chi connectivity index (χ0v) is 11.9. The van der Waals surface area contributed by atoms with Gasteiger partial charge in [-0.25, -0.2) is 0 Å². The molecule has 108 valence electrons. The van der Waals surface area contributed by atoms with Gasteiger partial charge in [0, 0.05) is 31.7 Å². The van der Waals surface area contributed by atoms with Crippen LogP contribution in [0.15, 0.2) is 30.6 Å². The average molecular weight is 283 g/mol. The van der Waals surface area contributed by atoms with Gasteiger partial charge >= 0.3 is 0 Å². The summed E-state index contributed by atoms with van der Waals surface area (Å²) in [5.74, 6) is 0.347. The lowest BCUT2D eigenvalue weighted by Crippen LogP contribution is -2.41. The number of rotatable bonds is 1. The number of aromatic nitrogens is 2. The molecular formula is C16H17N3O2. The van der Waals surface area contributed by atoms with Crippen molar-refractivity contribution in [3.8, 4) is 5.75 Å². The molecular weight excluding hydrogens is 266 g/mol. The highest BCUT2D eigenvalue weighted by molar-refractivity contribution is 5.94. The van der Waals surface area contributed by atoms with Gasteiger partial charge in [-0.05, 0) is 36.1 Å². The molecule has 1 aliphatic heterocycles. The summed E-state index contributed by atoms with van der Waals surface area (Å²) in [5.41, 5.74) is 3.06. The van der Waals surface area contributed by atoms with Crippen LogP contribution in [0.25, 0.3) is 0 Å². The summed E-state index contributed by atoms with van der Waals surface area (Å²) in [6.45, 7) is 1.34. The molecule has 1 aromatic heterocycles. The Morgan fingerprint density at radius 3 is 2.86 bits per heavy atom. The van der Waals surface area contributed by atoms with Crippen molar-refractivity contribution in [1.82, 2.24) is 14.7 Å². The van der Waals surface area contributed by atoms with Crippen LogP contribution in [0.2, 0.25) is 0 Å². The van der Waals surface area contributed by atoms with Gasteiger partial charge in [0.2, 0.25) is 0 Å². The lowest BCUT2D eigenvalue weighted by atomic mass is 9.86. The van der Waals surface area contributed by atoms with E-state index in [2.05, 4.69) is 5.10 Å². The number of phenolic OH excluding ortho intramolecular Hbond substituents is 1. The van der Waals surface area contributed by atoms with E-state index in [9.17, 15) is 9.90 Å². The second-order valence-corrected chi connectivity index (χ2v) is 6.19. The van der Waals surface area contributed by atoms with Crippen LogP contribution >= 0.6 is 0 Å². The van der Waals surface area contributed by atoms with Crippen molar-refractivity contribution in [2.75, 3.05) is 6.54 Å². The minimum absolute atomic E-state index is 0.0353. The van der Waals surface area contributed by atoms with Gasteiger partial charge in [-0.1, -0.05) is 6.07 Å². The first kappa shape index (κ1) is 12.4. The molecule has 0 unspecified atom stereocenters. The molecule has 1 aromatic carbocycles. The van der Waals surface area contributed by atoms with Crippen molar-refractivity contribution >= 4 is 5.91 Å². The number of phenols is 1. The normalized spacial score (nSPS) is 18.6. The molecule has 0 saturated heterocycles. The molecule has 1 saturated carbocycles. The molecule has 2 heterocycles. The average Bonchev–Trinajstić information content (AvgIpc) is 3.10. The van der Waals surface area contributed by atoms with Gasteiger partial charge in [0.15, 0.2) is 0 Å². The number of fused-ring (bicyclic) bond motifs is 2. The van der Waals surface area contributed by atoms with Gasteiger partial charge < -0.3 is 10.0 Å². The van der Waals surface area contributed by atoms with Crippen LogP contribution < -0.4 is 0 Å². The first-order valence-electron chi connectivity index (χ1n) is 7.18. The second-order valence-electron chi connectivity index (χ2n) is 6.19. The Morgan fingerprint density at radius 1 is 1.38 bits per heavy atom. The predicted molar refractivity (Wildman–Crippen MR) is 77.0 cm³/mol. The molecule has 1 spiro atoms. The predicted octanol–water partition coefficient (Wildman–Crippen LogP) is 1.81. The van der Waals surface area contributed by atoms with Crippen LogP contribution in [0.3, 0.4) is 0 Å². The summed E-state index contributed by atoms with van der Waals surface area (Å²) in [4.78, 5) is 14.5. The van der Waals surface area contributed by atoms with Crippen LogP contribution in [-0.2, 0) is 19.0 Å². The van der Waals surface area contributed by atoms with E-state index in [0.717, 1.165) is 24.9 Å². The molecule has 1 amide bonds. The Balaban J connectivity index is 1.68. The van der Waals surface area contributed by atoms with Crippen molar-refractivity contribution in [3.63, 3.8) is 0 Å². The van der Waals surface area contributed by atoms with Crippen molar-refractivity contribution in [3.05, 3.63) is 47.3 Å². The second kappa shape index (κ2) is 4.10. The molecule has 5 nitrogen and oxygen atoms in total. The molecule has 5 heteroatoms. The van der Waals surface area contributed by atoms with Crippen LogP contribution in [-0.4, -0.2) is 32.2 Å². The van der Waals surface area contributed by atoms with E-state index >= 15 is 0 Å². The Hall–Kier alpha value is -2.30. The van der Waals surface area contributed by atoms with Crippen molar-refractivity contribution in [2.45, 2.75) is 24.8 Å². The third-order valence-electron chi connectivity index (χ3n) is 4.61. The standard InChI is InChI=1S/C16H17N3O2/c1-18-8-12(7-17-18)15(21)19-9-11-2-3-13(20)6-14(11)16(10-19)4-5-16/h2-3,6-8,20H,4-5,9-10H2,1H3. The summed E-state index contributed by atoms with van der Waals surface area (Å²) in [7, 11) is 1.81. The van der Waals surface area contributed by atoms with Crippen molar-refractivity contribution in [2.24, 2.45) is 7.05 Å². The van der Waals surface area contributed by atoms with Crippen LogP contribution in [0.4, 0.5) is 0 Å². The molecule has 0 bridgehead atoms. The molecule has 0 radical (unpaired) electrons. The highest BCUT2D eigenvalue weighted by atomic mass is 16.3. The molecule has 4 rings (SSSR count). The topological polar surface area (TPSA) is 58.4 Å². The Bertz CT molecular complexity index is 731. The summed E-state index contributed by atoms with van der Waals surface area (Å²) in [6.07, 6.45) is 5.54. The fourth-order valence-corrected chi connectivity index (χ4v) is 3.34. The Kier molecular flexibility index (Phi) is 2.43. The Morgan fingerprint density at radius 2 is 2.19 bits per heavy atom. The van der Waals surface area contributed by atoms with Crippen LogP contribution in [0.1, 0.15) is 34.3 Å². The highest BCUT2D eigenvalue weighted by Gasteiger charge is 2.50.